The van der Waals surface area contributed by atoms with Gasteiger partial charge >= 0.3 is 5.97 Å². The monoisotopic (exact) mass is 513 g/mol. The van der Waals surface area contributed by atoms with Crippen LogP contribution in [0.2, 0.25) is 5.02 Å². The first-order valence-corrected chi connectivity index (χ1v) is 11.8. The lowest BCUT2D eigenvalue weighted by atomic mass is 10.0. The Kier molecular flexibility index (Phi) is 5.99. The zero-order valence-corrected chi connectivity index (χ0v) is 20.7. The molecular formula is C25H25Cl2N5O3. The molecule has 182 valence electrons. The van der Waals surface area contributed by atoms with Crippen molar-refractivity contribution in [3.05, 3.63) is 68.5 Å². The fourth-order valence-corrected chi connectivity index (χ4v) is 5.32. The van der Waals surface area contributed by atoms with Gasteiger partial charge in [-0.2, -0.15) is 0 Å². The van der Waals surface area contributed by atoms with Crippen LogP contribution in [-0.2, 0) is 24.9 Å². The Morgan fingerprint density at radius 3 is 2.80 bits per heavy atom. The Hall–Kier alpha value is -3.07. The maximum atomic E-state index is 13.7. The van der Waals surface area contributed by atoms with Gasteiger partial charge in [-0.3, -0.25) is 4.79 Å². The number of aryl methyl sites for hydroxylation is 1. The molecule has 2 aromatic carbocycles. The van der Waals surface area contributed by atoms with Gasteiger partial charge in [-0.05, 0) is 36.6 Å². The van der Waals surface area contributed by atoms with Crippen LogP contribution in [-0.4, -0.2) is 39.2 Å². The van der Waals surface area contributed by atoms with Crippen LogP contribution in [0.25, 0.3) is 21.9 Å². The van der Waals surface area contributed by atoms with Crippen LogP contribution in [0.4, 0.5) is 5.95 Å². The minimum Gasteiger partial charge on any atom is -0.457 e. The largest absolute Gasteiger partial charge is 0.457 e. The molecule has 4 aromatic rings. The van der Waals surface area contributed by atoms with Crippen molar-refractivity contribution in [1.82, 2.24) is 14.1 Å². The van der Waals surface area contributed by atoms with Crippen LogP contribution >= 0.6 is 24.0 Å². The number of halogens is 2. The van der Waals surface area contributed by atoms with Crippen molar-refractivity contribution in [3.63, 3.8) is 0 Å². The molecule has 2 aliphatic rings. The van der Waals surface area contributed by atoms with Gasteiger partial charge in [-0.15, -0.1) is 12.4 Å². The van der Waals surface area contributed by atoms with Crippen LogP contribution in [0.3, 0.4) is 0 Å². The van der Waals surface area contributed by atoms with Crippen LogP contribution in [0, 0.1) is 0 Å². The molecule has 1 saturated heterocycles. The van der Waals surface area contributed by atoms with Gasteiger partial charge in [0, 0.05) is 42.2 Å². The fourth-order valence-electron chi connectivity index (χ4n) is 5.12. The van der Waals surface area contributed by atoms with Gasteiger partial charge in [0.15, 0.2) is 0 Å². The van der Waals surface area contributed by atoms with Gasteiger partial charge < -0.3 is 24.5 Å². The maximum absolute atomic E-state index is 13.7. The smallest absolute Gasteiger partial charge is 0.338 e. The van der Waals surface area contributed by atoms with Crippen molar-refractivity contribution in [2.75, 3.05) is 18.0 Å². The van der Waals surface area contributed by atoms with Gasteiger partial charge in [0.25, 0.3) is 5.56 Å². The lowest BCUT2D eigenvalue weighted by molar-refractivity contribution is 0.0535. The Balaban J connectivity index is 0.00000253. The average molecular weight is 514 g/mol. The molecule has 0 radical (unpaired) electrons. The number of carbonyl (C=O) groups excluding carboxylic acids is 1. The zero-order valence-electron chi connectivity index (χ0n) is 19.2. The molecule has 8 nitrogen and oxygen atoms in total. The second-order valence-electron chi connectivity index (χ2n) is 9.10. The Morgan fingerprint density at radius 2 is 2.03 bits per heavy atom. The van der Waals surface area contributed by atoms with E-state index in [9.17, 15) is 9.59 Å². The third-order valence-corrected chi connectivity index (χ3v) is 7.27. The van der Waals surface area contributed by atoms with Crippen molar-refractivity contribution in [3.8, 4) is 0 Å². The normalized spacial score (nSPS) is 17.5. The van der Waals surface area contributed by atoms with Crippen LogP contribution < -0.4 is 16.2 Å². The summed E-state index contributed by atoms with van der Waals surface area (Å²) in [5.41, 5.74) is 10.1. The van der Waals surface area contributed by atoms with E-state index in [0.717, 1.165) is 35.9 Å². The highest BCUT2D eigenvalue weighted by molar-refractivity contribution is 6.31. The summed E-state index contributed by atoms with van der Waals surface area (Å²) in [6, 6.07) is 11.3. The van der Waals surface area contributed by atoms with E-state index >= 15 is 0 Å². The topological polar surface area (TPSA) is 95.4 Å². The standard InChI is InChI=1S/C25H24ClN5O3.ClH/c1-29-20-10-17-15(13-34-24(17)33)9-18(20)21-22(23(29)32)31(11-14-5-2-3-7-19(14)26)25(28-21)30-8-4-6-16(27)12-30;/h2-3,5,7,9-10,16H,4,6,8,11-13,27H2,1H3;1H/t16-;/m1./s1. The van der Waals surface area contributed by atoms with E-state index in [1.54, 1.807) is 17.7 Å². The van der Waals surface area contributed by atoms with Gasteiger partial charge in [0.05, 0.1) is 17.6 Å². The summed E-state index contributed by atoms with van der Waals surface area (Å²) >= 11 is 6.50. The quantitative estimate of drug-likeness (QED) is 0.420. The summed E-state index contributed by atoms with van der Waals surface area (Å²) in [6.45, 7) is 2.12. The first-order chi connectivity index (χ1) is 16.4. The van der Waals surface area contributed by atoms with Gasteiger partial charge in [-0.25, -0.2) is 9.78 Å². The number of cyclic esters (lactones) is 1. The van der Waals surface area contributed by atoms with Gasteiger partial charge in [0.2, 0.25) is 5.95 Å². The summed E-state index contributed by atoms with van der Waals surface area (Å²) in [7, 11) is 1.72. The Morgan fingerprint density at radius 1 is 1.23 bits per heavy atom. The van der Waals surface area contributed by atoms with E-state index in [-0.39, 0.29) is 36.6 Å². The summed E-state index contributed by atoms with van der Waals surface area (Å²) in [5, 5.41) is 1.45. The van der Waals surface area contributed by atoms with Crippen molar-refractivity contribution in [1.29, 1.82) is 0 Å². The van der Waals surface area contributed by atoms with E-state index in [4.69, 9.17) is 27.1 Å². The number of piperidine rings is 1. The average Bonchev–Trinajstić information content (AvgIpc) is 3.39. The Bertz CT molecular complexity index is 1540. The van der Waals surface area contributed by atoms with E-state index < -0.39 is 0 Å². The number of hydrogen-bond acceptors (Lipinski definition) is 6. The minimum atomic E-state index is -0.364. The summed E-state index contributed by atoms with van der Waals surface area (Å²) < 4.78 is 8.76. The molecule has 0 saturated carbocycles. The minimum absolute atomic E-state index is 0. The number of hydrogen-bond donors (Lipinski definition) is 1. The molecule has 2 N–H and O–H groups in total. The number of rotatable bonds is 3. The SMILES string of the molecule is Cl.Cn1c(=O)c2c(nc(N3CCC[C@@H](N)C3)n2Cc2ccccc2Cl)c2cc3c(cc21)C(=O)OC3. The number of aromatic nitrogens is 3. The third kappa shape index (κ3) is 3.76. The van der Waals surface area contributed by atoms with E-state index in [1.165, 1.54) is 0 Å². The van der Waals surface area contributed by atoms with Crippen molar-refractivity contribution < 1.29 is 9.53 Å². The molecular weight excluding hydrogens is 489 g/mol. The number of pyridine rings is 1. The van der Waals surface area contributed by atoms with Crippen molar-refractivity contribution in [2.24, 2.45) is 12.8 Å². The molecule has 0 spiro atoms. The number of ether oxygens (including phenoxy) is 1. The lowest BCUT2D eigenvalue weighted by Gasteiger charge is -2.32. The van der Waals surface area contributed by atoms with Crippen molar-refractivity contribution >= 4 is 57.9 Å². The molecule has 6 rings (SSSR count). The molecule has 0 aliphatic carbocycles. The highest BCUT2D eigenvalue weighted by Crippen LogP contribution is 2.33. The molecule has 2 aromatic heterocycles. The molecule has 0 amide bonds. The Labute approximate surface area is 212 Å². The molecule has 0 bridgehead atoms. The number of imidazole rings is 1. The summed E-state index contributed by atoms with van der Waals surface area (Å²) in [6.07, 6.45) is 1.92. The number of anilines is 1. The van der Waals surface area contributed by atoms with Crippen LogP contribution in [0.1, 0.15) is 34.3 Å². The zero-order chi connectivity index (χ0) is 23.6. The second kappa shape index (κ2) is 8.86. The number of benzene rings is 2. The van der Waals surface area contributed by atoms with E-state index in [2.05, 4.69) is 4.90 Å². The van der Waals surface area contributed by atoms with E-state index in [1.807, 2.05) is 34.9 Å². The van der Waals surface area contributed by atoms with Gasteiger partial charge in [0.1, 0.15) is 17.6 Å². The number of nitrogens with two attached hydrogens (primary N) is 1. The first kappa shape index (κ1) is 23.7. The number of esters is 1. The van der Waals surface area contributed by atoms with Crippen LogP contribution in [0.15, 0.2) is 41.2 Å². The predicted octanol–water partition coefficient (Wildman–Crippen LogP) is 3.61. The summed E-state index contributed by atoms with van der Waals surface area (Å²) in [4.78, 5) is 33.0. The molecule has 2 aliphatic heterocycles. The highest BCUT2D eigenvalue weighted by Gasteiger charge is 2.28. The first-order valence-electron chi connectivity index (χ1n) is 11.4. The lowest BCUT2D eigenvalue weighted by Crippen LogP contribution is -2.44. The van der Waals surface area contributed by atoms with Crippen molar-refractivity contribution in [2.45, 2.75) is 32.0 Å². The maximum Gasteiger partial charge on any atom is 0.338 e. The number of carbonyl (C=O) groups is 1. The molecule has 35 heavy (non-hydrogen) atoms. The van der Waals surface area contributed by atoms with Gasteiger partial charge in [-0.1, -0.05) is 29.8 Å². The molecule has 1 fully saturated rings. The highest BCUT2D eigenvalue weighted by atomic mass is 35.5. The summed E-state index contributed by atoms with van der Waals surface area (Å²) in [5.74, 6) is 0.346. The molecule has 1 atom stereocenters. The predicted molar refractivity (Wildman–Crippen MR) is 139 cm³/mol. The van der Waals surface area contributed by atoms with E-state index in [0.29, 0.717) is 46.2 Å². The number of fused-ring (bicyclic) bond motifs is 4. The molecule has 4 heterocycles. The third-order valence-electron chi connectivity index (χ3n) is 6.90. The van der Waals surface area contributed by atoms with Crippen LogP contribution in [0.5, 0.6) is 0 Å². The fraction of sp³-hybridized carbons (Fsp3) is 0.320. The molecule has 10 heteroatoms. The number of nitrogens with zero attached hydrogens (tertiary/aromatic N) is 4. The second-order valence-corrected chi connectivity index (χ2v) is 9.51. The molecule has 0 unspecified atom stereocenters.